The largest absolute Gasteiger partial charge is 0.368 e. The summed E-state index contributed by atoms with van der Waals surface area (Å²) in [5.41, 5.74) is 2.96. The molecule has 1 aromatic heterocycles. The van der Waals surface area contributed by atoms with Crippen LogP contribution in [0.1, 0.15) is 9.67 Å². The number of hydrogen-bond acceptors (Lipinski definition) is 7. The highest BCUT2D eigenvalue weighted by atomic mass is 32.1. The number of nitro benzene ring substituents is 1. The van der Waals surface area contributed by atoms with E-state index in [1.54, 1.807) is 6.07 Å². The van der Waals surface area contributed by atoms with Crippen molar-refractivity contribution in [3.8, 4) is 0 Å². The van der Waals surface area contributed by atoms with Crippen LogP contribution in [0.15, 0.2) is 66.0 Å². The molecule has 0 unspecified atom stereocenters. The van der Waals surface area contributed by atoms with Gasteiger partial charge in [0.2, 0.25) is 0 Å². The molecule has 5 rings (SSSR count). The average molecular weight is 478 g/mol. The lowest BCUT2D eigenvalue weighted by atomic mass is 10.1. The second kappa shape index (κ2) is 9.72. The number of anilines is 3. The number of amides is 1. The first kappa shape index (κ1) is 22.2. The van der Waals surface area contributed by atoms with Crippen molar-refractivity contribution < 1.29 is 9.72 Å². The fourth-order valence-electron chi connectivity index (χ4n) is 4.68. The number of para-hydroxylation sites is 1. The Labute approximate surface area is 202 Å². The third-order valence-electron chi connectivity index (χ3n) is 6.56. The van der Waals surface area contributed by atoms with Crippen molar-refractivity contribution in [2.24, 2.45) is 0 Å². The van der Waals surface area contributed by atoms with E-state index in [-0.39, 0.29) is 16.5 Å². The Morgan fingerprint density at radius 1 is 0.765 bits per heavy atom. The van der Waals surface area contributed by atoms with Crippen LogP contribution in [0.25, 0.3) is 0 Å². The van der Waals surface area contributed by atoms with Crippen LogP contribution in [-0.2, 0) is 0 Å². The van der Waals surface area contributed by atoms with Gasteiger partial charge >= 0.3 is 0 Å². The zero-order valence-electron chi connectivity index (χ0n) is 18.9. The molecule has 3 heterocycles. The van der Waals surface area contributed by atoms with E-state index in [1.165, 1.54) is 17.0 Å². The molecule has 2 aromatic carbocycles. The van der Waals surface area contributed by atoms with Gasteiger partial charge in [-0.15, -0.1) is 11.3 Å². The van der Waals surface area contributed by atoms with Gasteiger partial charge in [0.25, 0.3) is 11.6 Å². The number of carbonyl (C=O) groups excluding carboxylic acids is 1. The summed E-state index contributed by atoms with van der Waals surface area (Å²) in [4.78, 5) is 33.4. The fourth-order valence-corrected chi connectivity index (χ4v) is 5.38. The number of rotatable bonds is 5. The molecule has 0 radical (unpaired) electrons. The Morgan fingerprint density at radius 3 is 2.06 bits per heavy atom. The van der Waals surface area contributed by atoms with Crippen LogP contribution >= 0.6 is 11.3 Å². The van der Waals surface area contributed by atoms with Gasteiger partial charge in [0.15, 0.2) is 0 Å². The molecule has 2 aliphatic heterocycles. The predicted octanol–water partition coefficient (Wildman–Crippen LogP) is 3.95. The van der Waals surface area contributed by atoms with E-state index in [4.69, 9.17) is 0 Å². The summed E-state index contributed by atoms with van der Waals surface area (Å²) >= 11 is 1.46. The molecule has 2 aliphatic rings. The molecule has 0 spiro atoms. The maximum Gasteiger partial charge on any atom is 0.292 e. The van der Waals surface area contributed by atoms with E-state index in [0.717, 1.165) is 36.7 Å². The van der Waals surface area contributed by atoms with Crippen LogP contribution in [0.3, 0.4) is 0 Å². The molecule has 2 saturated heterocycles. The van der Waals surface area contributed by atoms with Crippen LogP contribution in [0.2, 0.25) is 0 Å². The maximum atomic E-state index is 12.6. The number of thiophene rings is 1. The number of piperazine rings is 2. The van der Waals surface area contributed by atoms with Gasteiger partial charge in [-0.1, -0.05) is 24.3 Å². The molecule has 3 aromatic rings. The van der Waals surface area contributed by atoms with Gasteiger partial charge in [-0.05, 0) is 35.7 Å². The monoisotopic (exact) mass is 477 g/mol. The van der Waals surface area contributed by atoms with Crippen molar-refractivity contribution in [3.05, 3.63) is 81.0 Å². The van der Waals surface area contributed by atoms with Crippen molar-refractivity contribution in [2.75, 3.05) is 67.1 Å². The summed E-state index contributed by atoms with van der Waals surface area (Å²) in [6.07, 6.45) is 0. The number of carbonyl (C=O) groups is 1. The van der Waals surface area contributed by atoms with E-state index in [1.807, 2.05) is 52.7 Å². The third kappa shape index (κ3) is 4.56. The number of nitro groups is 1. The van der Waals surface area contributed by atoms with Gasteiger partial charge in [0.1, 0.15) is 5.69 Å². The third-order valence-corrected chi connectivity index (χ3v) is 7.42. The Kier molecular flexibility index (Phi) is 6.35. The van der Waals surface area contributed by atoms with E-state index in [9.17, 15) is 14.9 Å². The number of hydrogen-bond donors (Lipinski definition) is 0. The lowest BCUT2D eigenvalue weighted by molar-refractivity contribution is -0.384. The smallest absolute Gasteiger partial charge is 0.292 e. The summed E-state index contributed by atoms with van der Waals surface area (Å²) in [7, 11) is 0. The fraction of sp³-hybridized carbons (Fsp3) is 0.320. The zero-order chi connectivity index (χ0) is 23.5. The molecular weight excluding hydrogens is 450 g/mol. The Bertz CT molecular complexity index is 1140. The van der Waals surface area contributed by atoms with Gasteiger partial charge in [-0.2, -0.15) is 0 Å². The van der Waals surface area contributed by atoms with E-state index in [2.05, 4.69) is 26.8 Å². The zero-order valence-corrected chi connectivity index (χ0v) is 19.7. The molecule has 1 amide bonds. The summed E-state index contributed by atoms with van der Waals surface area (Å²) in [5.74, 6) is 0.0790. The first-order chi connectivity index (χ1) is 16.6. The Hall–Kier alpha value is -3.59. The van der Waals surface area contributed by atoms with Crippen molar-refractivity contribution in [1.82, 2.24) is 4.90 Å². The summed E-state index contributed by atoms with van der Waals surface area (Å²) in [6.45, 7) is 5.76. The molecule has 0 atom stereocenters. The van der Waals surface area contributed by atoms with Gasteiger partial charge in [0.05, 0.1) is 9.80 Å². The first-order valence-corrected chi connectivity index (χ1v) is 12.4. The summed E-state index contributed by atoms with van der Waals surface area (Å²) in [6, 6.07) is 19.4. The predicted molar refractivity (Wildman–Crippen MR) is 136 cm³/mol. The minimum Gasteiger partial charge on any atom is -0.368 e. The number of benzene rings is 2. The minimum absolute atomic E-state index is 0.0790. The standard InChI is InChI=1S/C25H27N5O3S/c31-25(24-7-4-18-34-24)29-16-12-27(13-17-29)21-8-9-22(30(32)33)23(19-21)28-14-10-26(11-15-28)20-5-2-1-3-6-20/h1-9,18-19H,10-17H2. The molecule has 9 heteroatoms. The van der Waals surface area contributed by atoms with Crippen molar-refractivity contribution in [3.63, 3.8) is 0 Å². The molecular formula is C25H27N5O3S. The van der Waals surface area contributed by atoms with E-state index in [0.29, 0.717) is 31.9 Å². The quantitative estimate of drug-likeness (QED) is 0.409. The highest BCUT2D eigenvalue weighted by Crippen LogP contribution is 2.34. The molecule has 2 fully saturated rings. The molecule has 0 N–H and O–H groups in total. The van der Waals surface area contributed by atoms with Crippen LogP contribution < -0.4 is 14.7 Å². The molecule has 0 aliphatic carbocycles. The Morgan fingerprint density at radius 2 is 1.41 bits per heavy atom. The topological polar surface area (TPSA) is 73.2 Å². The van der Waals surface area contributed by atoms with Crippen molar-refractivity contribution >= 4 is 40.0 Å². The molecule has 8 nitrogen and oxygen atoms in total. The highest BCUT2D eigenvalue weighted by molar-refractivity contribution is 7.12. The highest BCUT2D eigenvalue weighted by Gasteiger charge is 2.27. The van der Waals surface area contributed by atoms with Gasteiger partial charge in [-0.3, -0.25) is 14.9 Å². The normalized spacial score (nSPS) is 16.6. The van der Waals surface area contributed by atoms with Crippen LogP contribution in [0.4, 0.5) is 22.7 Å². The van der Waals surface area contributed by atoms with Gasteiger partial charge < -0.3 is 19.6 Å². The summed E-state index contributed by atoms with van der Waals surface area (Å²) in [5, 5.41) is 13.7. The summed E-state index contributed by atoms with van der Waals surface area (Å²) < 4.78 is 0. The second-order valence-corrected chi connectivity index (χ2v) is 9.44. The lowest BCUT2D eigenvalue weighted by Gasteiger charge is -2.38. The first-order valence-electron chi connectivity index (χ1n) is 11.5. The molecule has 176 valence electrons. The average Bonchev–Trinajstić information content (AvgIpc) is 3.44. The number of nitrogens with zero attached hydrogens (tertiary/aromatic N) is 5. The molecule has 0 bridgehead atoms. The van der Waals surface area contributed by atoms with E-state index >= 15 is 0 Å². The van der Waals surface area contributed by atoms with Gasteiger partial charge in [-0.25, -0.2) is 0 Å². The van der Waals surface area contributed by atoms with Crippen molar-refractivity contribution in [2.45, 2.75) is 0 Å². The molecule has 0 saturated carbocycles. The minimum atomic E-state index is -0.291. The van der Waals surface area contributed by atoms with Crippen LogP contribution in [0.5, 0.6) is 0 Å². The van der Waals surface area contributed by atoms with Crippen LogP contribution in [0, 0.1) is 10.1 Å². The van der Waals surface area contributed by atoms with E-state index < -0.39 is 0 Å². The second-order valence-electron chi connectivity index (χ2n) is 8.50. The lowest BCUT2D eigenvalue weighted by Crippen LogP contribution is -2.49. The molecule has 34 heavy (non-hydrogen) atoms. The van der Waals surface area contributed by atoms with Crippen molar-refractivity contribution in [1.29, 1.82) is 0 Å². The van der Waals surface area contributed by atoms with Crippen LogP contribution in [-0.4, -0.2) is 68.1 Å². The Balaban J connectivity index is 1.28. The van der Waals surface area contributed by atoms with Gasteiger partial charge in [0, 0.05) is 69.8 Å². The maximum absolute atomic E-state index is 12.6. The SMILES string of the molecule is O=C(c1cccs1)N1CCN(c2ccc([N+](=O)[O-])c(N3CCN(c4ccccc4)CC3)c2)CC1.